The lowest BCUT2D eigenvalue weighted by atomic mass is 10.0. The number of hydrogen-bond donors (Lipinski definition) is 4. The number of rotatable bonds is 8. The van der Waals surface area contributed by atoms with Gasteiger partial charge in [0, 0.05) is 27.9 Å². The monoisotopic (exact) mass is 541 g/mol. The Morgan fingerprint density at radius 1 is 0.974 bits per heavy atom. The second kappa shape index (κ2) is 10.8. The van der Waals surface area contributed by atoms with Gasteiger partial charge in [-0.3, -0.25) is 4.79 Å². The van der Waals surface area contributed by atoms with Gasteiger partial charge >= 0.3 is 5.97 Å². The molecular formula is C28H23N5O3S2. The van der Waals surface area contributed by atoms with Gasteiger partial charge < -0.3 is 21.5 Å². The Bertz CT molecular complexity index is 1630. The molecule has 0 aliphatic rings. The summed E-state index contributed by atoms with van der Waals surface area (Å²) in [7, 11) is 0. The van der Waals surface area contributed by atoms with Gasteiger partial charge in [0.15, 0.2) is 5.13 Å². The maximum absolute atomic E-state index is 12.5. The molecule has 10 heteroatoms. The van der Waals surface area contributed by atoms with Crippen LogP contribution < -0.4 is 16.4 Å². The van der Waals surface area contributed by atoms with Crippen molar-refractivity contribution >= 4 is 56.9 Å². The molecule has 0 fully saturated rings. The van der Waals surface area contributed by atoms with Gasteiger partial charge in [0.1, 0.15) is 15.7 Å². The second-order valence-electron chi connectivity index (χ2n) is 8.33. The number of aromatic nitrogens is 2. The molecule has 0 radical (unpaired) electrons. The van der Waals surface area contributed by atoms with Crippen LogP contribution in [-0.2, 0) is 6.42 Å². The number of aromatic carboxylic acids is 1. The Hall–Kier alpha value is -4.54. The molecule has 0 spiro atoms. The highest BCUT2D eigenvalue weighted by molar-refractivity contribution is 7.23. The third-order valence-corrected chi connectivity index (χ3v) is 7.75. The highest BCUT2D eigenvalue weighted by Crippen LogP contribution is 2.39. The summed E-state index contributed by atoms with van der Waals surface area (Å²) in [4.78, 5) is 33.9. The van der Waals surface area contributed by atoms with Crippen molar-refractivity contribution < 1.29 is 14.7 Å². The van der Waals surface area contributed by atoms with Gasteiger partial charge in [0.25, 0.3) is 5.91 Å². The van der Waals surface area contributed by atoms with Crippen molar-refractivity contribution in [2.24, 2.45) is 0 Å². The number of aryl methyl sites for hydroxylation is 1. The van der Waals surface area contributed by atoms with E-state index in [0.717, 1.165) is 32.4 Å². The standard InChI is InChI=1S/C28H23N5O3S2/c1-2-16-13-20(11-12-21(16)27(35)36)31-28-33-24(29)23(38-28)26-32-22(15-37-26)18-9-6-10-19(14-18)30-25(34)17-7-4-3-5-8-17/h3-15H,2,29H2,1H3,(H,30,34)(H,31,33)(H,35,36). The number of nitrogens with zero attached hydrogens (tertiary/aromatic N) is 2. The minimum atomic E-state index is -0.946. The van der Waals surface area contributed by atoms with Crippen molar-refractivity contribution in [2.75, 3.05) is 16.4 Å². The third kappa shape index (κ3) is 5.41. The molecule has 5 rings (SSSR count). The SMILES string of the molecule is CCc1cc(Nc2nc(N)c(-c3nc(-c4cccc(NC(=O)c5ccccc5)c4)cs3)s2)ccc1C(=O)O. The lowest BCUT2D eigenvalue weighted by Crippen LogP contribution is -2.11. The van der Waals surface area contributed by atoms with E-state index in [1.807, 2.05) is 60.8 Å². The number of carboxylic acid groups (broad SMARTS) is 1. The van der Waals surface area contributed by atoms with E-state index in [1.165, 1.54) is 22.7 Å². The first-order valence-electron chi connectivity index (χ1n) is 11.7. The van der Waals surface area contributed by atoms with E-state index in [4.69, 9.17) is 10.7 Å². The summed E-state index contributed by atoms with van der Waals surface area (Å²) in [5.74, 6) is -0.763. The first-order chi connectivity index (χ1) is 18.4. The van der Waals surface area contributed by atoms with E-state index in [1.54, 1.807) is 24.3 Å². The summed E-state index contributed by atoms with van der Waals surface area (Å²) >= 11 is 2.83. The fourth-order valence-corrected chi connectivity index (χ4v) is 5.73. The number of amides is 1. The van der Waals surface area contributed by atoms with Crippen molar-refractivity contribution in [3.8, 4) is 21.1 Å². The van der Waals surface area contributed by atoms with Gasteiger partial charge in [-0.2, -0.15) is 0 Å². The molecule has 0 unspecified atom stereocenters. The number of carbonyl (C=O) groups excluding carboxylic acids is 1. The fourth-order valence-electron chi connectivity index (χ4n) is 3.89. The van der Waals surface area contributed by atoms with Gasteiger partial charge in [-0.05, 0) is 54.4 Å². The molecule has 5 aromatic rings. The summed E-state index contributed by atoms with van der Waals surface area (Å²) in [6.45, 7) is 1.91. The average Bonchev–Trinajstić information content (AvgIpc) is 3.55. The number of carboxylic acids is 1. The molecule has 1 amide bonds. The van der Waals surface area contributed by atoms with E-state index < -0.39 is 5.97 Å². The summed E-state index contributed by atoms with van der Waals surface area (Å²) in [6, 6.07) is 21.7. The van der Waals surface area contributed by atoms with E-state index >= 15 is 0 Å². The predicted octanol–water partition coefficient (Wildman–Crippen LogP) is 6.77. The molecule has 0 saturated carbocycles. The molecule has 0 aliphatic carbocycles. The summed E-state index contributed by atoms with van der Waals surface area (Å²) < 4.78 is 0. The van der Waals surface area contributed by atoms with Gasteiger partial charge in [0.05, 0.1) is 11.3 Å². The number of benzene rings is 3. The van der Waals surface area contributed by atoms with Gasteiger partial charge in [0.2, 0.25) is 0 Å². The first kappa shape index (κ1) is 25.1. The van der Waals surface area contributed by atoms with E-state index in [9.17, 15) is 14.7 Å². The molecular weight excluding hydrogens is 518 g/mol. The minimum absolute atomic E-state index is 0.178. The number of hydrogen-bond acceptors (Lipinski definition) is 8. The van der Waals surface area contributed by atoms with Crippen molar-refractivity contribution in [3.05, 3.63) is 94.9 Å². The smallest absolute Gasteiger partial charge is 0.335 e. The minimum Gasteiger partial charge on any atom is -0.478 e. The van der Waals surface area contributed by atoms with Crippen molar-refractivity contribution in [3.63, 3.8) is 0 Å². The number of carbonyl (C=O) groups is 2. The number of nitrogen functional groups attached to an aromatic ring is 1. The van der Waals surface area contributed by atoms with E-state index in [-0.39, 0.29) is 11.5 Å². The Morgan fingerprint density at radius 3 is 2.55 bits per heavy atom. The normalized spacial score (nSPS) is 10.8. The summed E-state index contributed by atoms with van der Waals surface area (Å²) in [6.07, 6.45) is 0.599. The highest BCUT2D eigenvalue weighted by atomic mass is 32.1. The number of anilines is 4. The van der Waals surface area contributed by atoms with E-state index in [2.05, 4.69) is 15.6 Å². The third-order valence-electron chi connectivity index (χ3n) is 5.77. The van der Waals surface area contributed by atoms with Crippen LogP contribution in [0.3, 0.4) is 0 Å². The molecule has 0 bridgehead atoms. The Labute approximate surface area is 226 Å². The van der Waals surface area contributed by atoms with Gasteiger partial charge in [-0.15, -0.1) is 11.3 Å². The topological polar surface area (TPSA) is 130 Å². The summed E-state index contributed by atoms with van der Waals surface area (Å²) in [5.41, 5.74) is 10.9. The van der Waals surface area contributed by atoms with Gasteiger partial charge in [-0.1, -0.05) is 48.6 Å². The second-order valence-corrected chi connectivity index (χ2v) is 10.2. The van der Waals surface area contributed by atoms with Crippen molar-refractivity contribution in [2.45, 2.75) is 13.3 Å². The molecule has 2 aromatic heterocycles. The first-order valence-corrected chi connectivity index (χ1v) is 13.4. The number of nitrogens with two attached hydrogens (primary N) is 1. The van der Waals surface area contributed by atoms with E-state index in [0.29, 0.717) is 28.6 Å². The Morgan fingerprint density at radius 2 is 1.79 bits per heavy atom. The quantitative estimate of drug-likeness (QED) is 0.170. The fraction of sp³-hybridized carbons (Fsp3) is 0.0714. The van der Waals surface area contributed by atoms with Crippen LogP contribution in [0.1, 0.15) is 33.2 Å². The van der Waals surface area contributed by atoms with Crippen molar-refractivity contribution in [1.82, 2.24) is 9.97 Å². The average molecular weight is 542 g/mol. The lowest BCUT2D eigenvalue weighted by molar-refractivity contribution is 0.0695. The predicted molar refractivity (Wildman–Crippen MR) is 154 cm³/mol. The van der Waals surface area contributed by atoms with Gasteiger partial charge in [-0.25, -0.2) is 14.8 Å². The molecule has 2 heterocycles. The van der Waals surface area contributed by atoms with Crippen LogP contribution in [0.4, 0.5) is 22.3 Å². The molecule has 0 atom stereocenters. The Kier molecular flexibility index (Phi) is 7.16. The molecule has 0 saturated heterocycles. The zero-order valence-corrected chi connectivity index (χ0v) is 21.9. The van der Waals surface area contributed by atoms with Crippen molar-refractivity contribution in [1.29, 1.82) is 0 Å². The molecule has 190 valence electrons. The molecule has 3 aromatic carbocycles. The maximum atomic E-state index is 12.5. The molecule has 5 N–H and O–H groups in total. The van der Waals surface area contributed by atoms with Crippen LogP contribution in [-0.4, -0.2) is 27.0 Å². The van der Waals surface area contributed by atoms with Crippen LogP contribution in [0.5, 0.6) is 0 Å². The molecule has 0 aliphatic heterocycles. The maximum Gasteiger partial charge on any atom is 0.335 e. The van der Waals surface area contributed by atoms with Crippen LogP contribution in [0.15, 0.2) is 78.2 Å². The van der Waals surface area contributed by atoms with Crippen LogP contribution in [0.25, 0.3) is 21.1 Å². The number of nitrogens with one attached hydrogen (secondary N) is 2. The van der Waals surface area contributed by atoms with Crippen LogP contribution in [0, 0.1) is 0 Å². The largest absolute Gasteiger partial charge is 0.478 e. The lowest BCUT2D eigenvalue weighted by Gasteiger charge is -2.07. The zero-order chi connectivity index (χ0) is 26.6. The zero-order valence-electron chi connectivity index (χ0n) is 20.3. The van der Waals surface area contributed by atoms with Crippen LogP contribution >= 0.6 is 22.7 Å². The Balaban J connectivity index is 1.34. The van der Waals surface area contributed by atoms with Crippen LogP contribution in [0.2, 0.25) is 0 Å². The molecule has 38 heavy (non-hydrogen) atoms. The number of thiazole rings is 2. The molecule has 8 nitrogen and oxygen atoms in total. The summed E-state index contributed by atoms with van der Waals surface area (Å²) in [5, 5.41) is 18.8. The highest BCUT2D eigenvalue weighted by Gasteiger charge is 2.17.